The molecule has 0 bridgehead atoms. The molecule has 0 atom stereocenters. The van der Waals surface area contributed by atoms with E-state index in [9.17, 15) is 13.2 Å². The van der Waals surface area contributed by atoms with E-state index in [1.54, 1.807) is 30.3 Å². The lowest BCUT2D eigenvalue weighted by Gasteiger charge is -2.07. The molecule has 6 nitrogen and oxygen atoms in total. The van der Waals surface area contributed by atoms with Gasteiger partial charge in [-0.3, -0.25) is 9.52 Å². The van der Waals surface area contributed by atoms with Crippen molar-refractivity contribution in [2.75, 3.05) is 29.4 Å². The Kier molecular flexibility index (Phi) is 5.53. The van der Waals surface area contributed by atoms with Gasteiger partial charge < -0.3 is 10.6 Å². The van der Waals surface area contributed by atoms with Crippen molar-refractivity contribution in [3.8, 4) is 0 Å². The average Bonchev–Trinajstić information content (AvgIpc) is 2.30. The smallest absolute Gasteiger partial charge is 0.238 e. The predicted octanol–water partition coefficient (Wildman–Crippen LogP) is 0.772. The molecular weight excluding hydrogens is 266 g/mol. The molecule has 0 aliphatic carbocycles. The van der Waals surface area contributed by atoms with Gasteiger partial charge in [0.1, 0.15) is 0 Å². The highest BCUT2D eigenvalue weighted by Gasteiger charge is 2.03. The Morgan fingerprint density at radius 2 is 1.84 bits per heavy atom. The number of carbonyl (C=O) groups is 1. The van der Waals surface area contributed by atoms with E-state index in [-0.39, 0.29) is 12.5 Å². The van der Waals surface area contributed by atoms with Crippen molar-refractivity contribution in [3.05, 3.63) is 36.9 Å². The summed E-state index contributed by atoms with van der Waals surface area (Å²) in [4.78, 5) is 11.5. The lowest BCUT2D eigenvalue weighted by Crippen LogP contribution is -2.28. The standard InChI is InChI=1S/C12H17N3O3S/c1-3-8-13-9-12(16)14-10-4-6-11(7-5-10)15-19(2,17)18/h3-7,13,15H,1,8-9H2,2H3,(H,14,16). The van der Waals surface area contributed by atoms with Gasteiger partial charge in [0.15, 0.2) is 0 Å². The normalized spacial score (nSPS) is 10.8. The number of benzene rings is 1. The van der Waals surface area contributed by atoms with E-state index in [0.29, 0.717) is 17.9 Å². The van der Waals surface area contributed by atoms with Crippen LogP contribution in [0, 0.1) is 0 Å². The summed E-state index contributed by atoms with van der Waals surface area (Å²) in [5, 5.41) is 5.55. The zero-order valence-corrected chi connectivity index (χ0v) is 11.5. The molecule has 1 aromatic rings. The van der Waals surface area contributed by atoms with Crippen LogP contribution in [0.15, 0.2) is 36.9 Å². The van der Waals surface area contributed by atoms with Gasteiger partial charge in [0.05, 0.1) is 12.8 Å². The maximum atomic E-state index is 11.5. The Hall–Kier alpha value is -1.86. The molecule has 0 aromatic heterocycles. The predicted molar refractivity (Wildman–Crippen MR) is 76.6 cm³/mol. The quantitative estimate of drug-likeness (QED) is 0.509. The third kappa shape index (κ3) is 6.58. The molecule has 0 saturated carbocycles. The molecule has 0 radical (unpaired) electrons. The summed E-state index contributed by atoms with van der Waals surface area (Å²) in [6.07, 6.45) is 2.74. The van der Waals surface area contributed by atoms with Crippen molar-refractivity contribution < 1.29 is 13.2 Å². The molecule has 19 heavy (non-hydrogen) atoms. The van der Waals surface area contributed by atoms with Crippen LogP contribution in [-0.2, 0) is 14.8 Å². The molecule has 0 aliphatic heterocycles. The van der Waals surface area contributed by atoms with E-state index in [1.165, 1.54) is 0 Å². The van der Waals surface area contributed by atoms with Gasteiger partial charge in [-0.15, -0.1) is 6.58 Å². The highest BCUT2D eigenvalue weighted by Crippen LogP contribution is 2.14. The van der Waals surface area contributed by atoms with Crippen LogP contribution in [0.25, 0.3) is 0 Å². The molecule has 0 heterocycles. The van der Waals surface area contributed by atoms with Gasteiger partial charge in [-0.05, 0) is 24.3 Å². The van der Waals surface area contributed by atoms with Gasteiger partial charge in [-0.25, -0.2) is 8.42 Å². The molecule has 0 unspecified atom stereocenters. The van der Waals surface area contributed by atoms with E-state index in [1.807, 2.05) is 0 Å². The summed E-state index contributed by atoms with van der Waals surface area (Å²) >= 11 is 0. The second-order valence-corrected chi connectivity index (χ2v) is 5.67. The molecule has 1 amide bonds. The molecule has 7 heteroatoms. The number of hydrogen-bond acceptors (Lipinski definition) is 4. The Balaban J connectivity index is 2.52. The third-order valence-electron chi connectivity index (χ3n) is 2.05. The Morgan fingerprint density at radius 1 is 1.26 bits per heavy atom. The minimum Gasteiger partial charge on any atom is -0.325 e. The summed E-state index contributed by atoms with van der Waals surface area (Å²) in [7, 11) is -3.28. The molecule has 104 valence electrons. The number of carbonyl (C=O) groups excluding carboxylic acids is 1. The molecule has 0 aliphatic rings. The SMILES string of the molecule is C=CCNCC(=O)Nc1ccc(NS(C)(=O)=O)cc1. The largest absolute Gasteiger partial charge is 0.325 e. The summed E-state index contributed by atoms with van der Waals surface area (Å²) in [6, 6.07) is 6.40. The monoisotopic (exact) mass is 283 g/mol. The summed E-state index contributed by atoms with van der Waals surface area (Å²) in [6.45, 7) is 4.28. The highest BCUT2D eigenvalue weighted by atomic mass is 32.2. The second-order valence-electron chi connectivity index (χ2n) is 3.92. The minimum atomic E-state index is -3.28. The van der Waals surface area contributed by atoms with Gasteiger partial charge >= 0.3 is 0 Å². The summed E-state index contributed by atoms with van der Waals surface area (Å²) in [5.74, 6) is -0.175. The first-order valence-electron chi connectivity index (χ1n) is 5.60. The van der Waals surface area contributed by atoms with Crippen molar-refractivity contribution in [1.82, 2.24) is 5.32 Å². The fourth-order valence-corrected chi connectivity index (χ4v) is 1.89. The van der Waals surface area contributed by atoms with Gasteiger partial charge in [0.25, 0.3) is 0 Å². The molecule has 0 spiro atoms. The zero-order valence-electron chi connectivity index (χ0n) is 10.6. The fourth-order valence-electron chi connectivity index (χ4n) is 1.33. The highest BCUT2D eigenvalue weighted by molar-refractivity contribution is 7.92. The van der Waals surface area contributed by atoms with Crippen LogP contribution in [0.3, 0.4) is 0 Å². The van der Waals surface area contributed by atoms with Crippen LogP contribution in [0.2, 0.25) is 0 Å². The molecule has 0 fully saturated rings. The maximum Gasteiger partial charge on any atom is 0.238 e. The van der Waals surface area contributed by atoms with Gasteiger partial charge in [-0.1, -0.05) is 6.08 Å². The van der Waals surface area contributed by atoms with Gasteiger partial charge in [-0.2, -0.15) is 0 Å². The topological polar surface area (TPSA) is 87.3 Å². The first kappa shape index (κ1) is 15.2. The van der Waals surface area contributed by atoms with E-state index in [2.05, 4.69) is 21.9 Å². The molecule has 1 rings (SSSR count). The average molecular weight is 283 g/mol. The summed E-state index contributed by atoms with van der Waals surface area (Å²) in [5.41, 5.74) is 1.05. The van der Waals surface area contributed by atoms with Crippen molar-refractivity contribution in [2.45, 2.75) is 0 Å². The molecular formula is C12H17N3O3S. The van der Waals surface area contributed by atoms with Crippen LogP contribution in [-0.4, -0.2) is 33.7 Å². The molecule has 3 N–H and O–H groups in total. The number of rotatable bonds is 7. The van der Waals surface area contributed by atoms with E-state index < -0.39 is 10.0 Å². The van der Waals surface area contributed by atoms with Crippen LogP contribution >= 0.6 is 0 Å². The Labute approximate surface area is 113 Å². The molecule has 1 aromatic carbocycles. The van der Waals surface area contributed by atoms with Crippen LogP contribution < -0.4 is 15.4 Å². The lowest BCUT2D eigenvalue weighted by atomic mass is 10.3. The van der Waals surface area contributed by atoms with Crippen molar-refractivity contribution >= 4 is 27.3 Å². The van der Waals surface area contributed by atoms with Crippen molar-refractivity contribution in [3.63, 3.8) is 0 Å². The van der Waals surface area contributed by atoms with Crippen molar-refractivity contribution in [1.29, 1.82) is 0 Å². The number of hydrogen-bond donors (Lipinski definition) is 3. The third-order valence-corrected chi connectivity index (χ3v) is 2.65. The lowest BCUT2D eigenvalue weighted by molar-refractivity contribution is -0.115. The van der Waals surface area contributed by atoms with E-state index >= 15 is 0 Å². The molecule has 0 saturated heterocycles. The second kappa shape index (κ2) is 6.91. The van der Waals surface area contributed by atoms with E-state index in [0.717, 1.165) is 6.26 Å². The van der Waals surface area contributed by atoms with E-state index in [4.69, 9.17) is 0 Å². The van der Waals surface area contributed by atoms with Gasteiger partial charge in [0, 0.05) is 17.9 Å². The number of nitrogens with one attached hydrogen (secondary N) is 3. The van der Waals surface area contributed by atoms with Crippen LogP contribution in [0.1, 0.15) is 0 Å². The minimum absolute atomic E-state index is 0.175. The Morgan fingerprint density at radius 3 is 2.37 bits per heavy atom. The maximum absolute atomic E-state index is 11.5. The summed E-state index contributed by atoms with van der Waals surface area (Å²) < 4.78 is 24.4. The van der Waals surface area contributed by atoms with Crippen molar-refractivity contribution in [2.24, 2.45) is 0 Å². The number of amides is 1. The number of anilines is 2. The zero-order chi connectivity index (χ0) is 14.3. The first-order valence-corrected chi connectivity index (χ1v) is 7.49. The van der Waals surface area contributed by atoms with Crippen LogP contribution in [0.4, 0.5) is 11.4 Å². The van der Waals surface area contributed by atoms with Gasteiger partial charge in [0.2, 0.25) is 15.9 Å². The first-order chi connectivity index (χ1) is 8.90. The number of sulfonamides is 1. The Bertz CT molecular complexity index is 538. The fraction of sp³-hybridized carbons (Fsp3) is 0.250. The van der Waals surface area contributed by atoms with Crippen LogP contribution in [0.5, 0.6) is 0 Å².